The molecule has 0 saturated carbocycles. The van der Waals surface area contributed by atoms with Crippen LogP contribution >= 0.6 is 0 Å². The van der Waals surface area contributed by atoms with Crippen LogP contribution in [0, 0.1) is 12.8 Å². The molecule has 5 rings (SSSR count). The first-order valence-electron chi connectivity index (χ1n) is 12.5. The molecule has 1 atom stereocenters. The minimum atomic E-state index is -3.25. The quantitative estimate of drug-likeness (QED) is 0.295. The Morgan fingerprint density at radius 2 is 1.97 bits per heavy atom. The molecule has 11 heteroatoms. The van der Waals surface area contributed by atoms with E-state index in [1.54, 1.807) is 19.2 Å². The third kappa shape index (κ3) is 6.16. The molecule has 1 aromatic carbocycles. The highest BCUT2D eigenvalue weighted by atomic mass is 19.3. The number of hydrogen-bond donors (Lipinski definition) is 0. The van der Waals surface area contributed by atoms with Crippen LogP contribution in [0.1, 0.15) is 31.0 Å². The predicted molar refractivity (Wildman–Crippen MR) is 137 cm³/mol. The van der Waals surface area contributed by atoms with Gasteiger partial charge in [-0.25, -0.2) is 4.98 Å². The Morgan fingerprint density at radius 3 is 2.74 bits per heavy atom. The summed E-state index contributed by atoms with van der Waals surface area (Å²) in [5, 5.41) is 8.71. The monoisotopic (exact) mass is 524 g/mol. The third-order valence-electron chi connectivity index (χ3n) is 6.42. The van der Waals surface area contributed by atoms with Crippen molar-refractivity contribution in [1.82, 2.24) is 24.9 Å². The molecule has 0 bridgehead atoms. The van der Waals surface area contributed by atoms with Gasteiger partial charge in [0.1, 0.15) is 11.6 Å². The molecule has 3 aromatic heterocycles. The van der Waals surface area contributed by atoms with Crippen LogP contribution in [-0.4, -0.2) is 57.8 Å². The lowest BCUT2D eigenvalue weighted by atomic mass is 9.99. The lowest BCUT2D eigenvalue weighted by Gasteiger charge is -2.33. The first kappa shape index (κ1) is 25.8. The van der Waals surface area contributed by atoms with Crippen LogP contribution in [0.4, 0.5) is 14.6 Å². The molecule has 0 radical (unpaired) electrons. The van der Waals surface area contributed by atoms with Crippen molar-refractivity contribution in [3.8, 4) is 28.7 Å². The van der Waals surface area contributed by atoms with Crippen molar-refractivity contribution >= 4 is 5.82 Å². The summed E-state index contributed by atoms with van der Waals surface area (Å²) in [7, 11) is 1.75. The molecule has 38 heavy (non-hydrogen) atoms. The van der Waals surface area contributed by atoms with Crippen molar-refractivity contribution in [1.29, 1.82) is 0 Å². The second-order valence-corrected chi connectivity index (χ2v) is 9.62. The molecule has 200 valence electrons. The van der Waals surface area contributed by atoms with E-state index >= 15 is 0 Å². The summed E-state index contributed by atoms with van der Waals surface area (Å²) in [5.74, 6) is 2.13. The van der Waals surface area contributed by atoms with Crippen molar-refractivity contribution in [2.45, 2.75) is 39.3 Å². The lowest BCUT2D eigenvalue weighted by Crippen LogP contribution is -2.37. The second kappa shape index (κ2) is 10.9. The van der Waals surface area contributed by atoms with Crippen LogP contribution < -0.4 is 9.64 Å². The molecule has 4 heterocycles. The number of hydrogen-bond acceptors (Lipinski definition) is 8. The first-order valence-corrected chi connectivity index (χ1v) is 12.5. The molecule has 1 aliphatic heterocycles. The largest absolute Gasteiger partial charge is 0.433 e. The van der Waals surface area contributed by atoms with E-state index in [9.17, 15) is 8.78 Å². The average molecular weight is 525 g/mol. The molecule has 1 aliphatic rings. The normalized spacial score (nSPS) is 16.1. The second-order valence-electron chi connectivity index (χ2n) is 9.62. The van der Waals surface area contributed by atoms with Gasteiger partial charge in [-0.15, -0.1) is 0 Å². The van der Waals surface area contributed by atoms with Gasteiger partial charge in [0.05, 0.1) is 13.2 Å². The first-order chi connectivity index (χ1) is 18.3. The maximum atomic E-state index is 13.1. The van der Waals surface area contributed by atoms with E-state index in [0.29, 0.717) is 36.5 Å². The lowest BCUT2D eigenvalue weighted by molar-refractivity contribution is -0.158. The Kier molecular flexibility index (Phi) is 7.37. The number of piperidine rings is 1. The van der Waals surface area contributed by atoms with E-state index < -0.39 is 6.11 Å². The zero-order valence-corrected chi connectivity index (χ0v) is 21.6. The highest BCUT2D eigenvalue weighted by Crippen LogP contribution is 2.27. The van der Waals surface area contributed by atoms with Crippen molar-refractivity contribution in [2.75, 3.05) is 31.7 Å². The highest BCUT2D eigenvalue weighted by Gasteiger charge is 2.24. The molecule has 0 spiro atoms. The van der Waals surface area contributed by atoms with Gasteiger partial charge in [0.2, 0.25) is 5.82 Å². The number of rotatable bonds is 9. The van der Waals surface area contributed by atoms with E-state index in [1.807, 2.05) is 29.9 Å². The number of nitrogens with zero attached hydrogens (tertiary/aromatic N) is 6. The van der Waals surface area contributed by atoms with Gasteiger partial charge in [-0.2, -0.15) is 18.9 Å². The fourth-order valence-corrected chi connectivity index (χ4v) is 4.65. The van der Waals surface area contributed by atoms with E-state index in [0.717, 1.165) is 43.2 Å². The Bertz CT molecular complexity index is 1360. The molecular weight excluding hydrogens is 494 g/mol. The summed E-state index contributed by atoms with van der Waals surface area (Å²) in [6.45, 7) is 5.92. The summed E-state index contributed by atoms with van der Waals surface area (Å²) in [4.78, 5) is 11.4. The van der Waals surface area contributed by atoms with Gasteiger partial charge in [0.15, 0.2) is 5.69 Å². The fraction of sp³-hybridized carbons (Fsp3) is 0.407. The zero-order chi connectivity index (χ0) is 26.7. The molecule has 0 aliphatic carbocycles. The van der Waals surface area contributed by atoms with Gasteiger partial charge in [-0.1, -0.05) is 5.16 Å². The van der Waals surface area contributed by atoms with Crippen molar-refractivity contribution in [2.24, 2.45) is 5.92 Å². The standard InChI is InChI=1S/C27H30F2N6O3/c1-18-13-23(26-31-25(33-38-26)21-6-8-22(9-7-21)37-27(2,28)29)32-35(18)16-19-10-11-30-24(14-19)34-12-4-5-20(15-34)17-36-3/h6-11,13-14,20H,4-5,12,15-17H2,1-3H3. The minimum Gasteiger partial charge on any atom is -0.433 e. The Hall–Kier alpha value is -3.86. The van der Waals surface area contributed by atoms with Crippen LogP contribution in [0.5, 0.6) is 5.75 Å². The number of aromatic nitrogens is 5. The maximum absolute atomic E-state index is 13.1. The van der Waals surface area contributed by atoms with Gasteiger partial charge in [-0.05, 0) is 73.7 Å². The smallest absolute Gasteiger partial charge is 0.394 e. The van der Waals surface area contributed by atoms with Gasteiger partial charge in [0.25, 0.3) is 5.89 Å². The predicted octanol–water partition coefficient (Wildman–Crippen LogP) is 5.21. The molecule has 1 unspecified atom stereocenters. The number of alkyl halides is 2. The number of anilines is 1. The van der Waals surface area contributed by atoms with E-state index in [1.165, 1.54) is 18.6 Å². The zero-order valence-electron chi connectivity index (χ0n) is 21.6. The Morgan fingerprint density at radius 1 is 1.16 bits per heavy atom. The van der Waals surface area contributed by atoms with Gasteiger partial charge in [0, 0.05) is 44.6 Å². The highest BCUT2D eigenvalue weighted by molar-refractivity contribution is 5.59. The minimum absolute atomic E-state index is 0.0497. The summed E-state index contributed by atoms with van der Waals surface area (Å²) < 4.78 is 43.4. The topological polar surface area (TPSA) is 91.3 Å². The number of ether oxygens (including phenoxy) is 2. The molecule has 4 aromatic rings. The number of benzene rings is 1. The molecule has 0 N–H and O–H groups in total. The van der Waals surface area contributed by atoms with E-state index in [2.05, 4.69) is 35.9 Å². The van der Waals surface area contributed by atoms with E-state index in [-0.39, 0.29) is 11.6 Å². The van der Waals surface area contributed by atoms with Crippen molar-refractivity contribution < 1.29 is 22.8 Å². The summed E-state index contributed by atoms with van der Waals surface area (Å²) in [6, 6.07) is 12.1. The molecule has 0 amide bonds. The molecule has 1 saturated heterocycles. The summed E-state index contributed by atoms with van der Waals surface area (Å²) >= 11 is 0. The van der Waals surface area contributed by atoms with Crippen LogP contribution in [0.15, 0.2) is 53.2 Å². The van der Waals surface area contributed by atoms with Crippen LogP contribution in [0.3, 0.4) is 0 Å². The average Bonchev–Trinajstić information content (AvgIpc) is 3.51. The fourth-order valence-electron chi connectivity index (χ4n) is 4.65. The van der Waals surface area contributed by atoms with Crippen LogP contribution in [-0.2, 0) is 11.3 Å². The van der Waals surface area contributed by atoms with Crippen molar-refractivity contribution in [3.05, 3.63) is 59.9 Å². The summed E-state index contributed by atoms with van der Waals surface area (Å²) in [5.41, 5.74) is 3.20. The van der Waals surface area contributed by atoms with Gasteiger partial charge >= 0.3 is 6.11 Å². The molecule has 1 fully saturated rings. The Balaban J connectivity index is 1.28. The van der Waals surface area contributed by atoms with E-state index in [4.69, 9.17) is 9.26 Å². The maximum Gasteiger partial charge on any atom is 0.394 e. The molecular formula is C27H30F2N6O3. The third-order valence-corrected chi connectivity index (χ3v) is 6.42. The number of pyridine rings is 1. The van der Waals surface area contributed by atoms with Crippen LogP contribution in [0.25, 0.3) is 23.0 Å². The van der Waals surface area contributed by atoms with Gasteiger partial charge in [-0.3, -0.25) is 4.68 Å². The Labute approximate surface area is 219 Å². The SMILES string of the molecule is COCC1CCCN(c2cc(Cn3nc(-c4nc(-c5ccc(OC(C)(F)F)cc5)no4)cc3C)ccn2)C1. The number of halogens is 2. The molecule has 9 nitrogen and oxygen atoms in total. The summed E-state index contributed by atoms with van der Waals surface area (Å²) in [6.07, 6.45) is 0.886. The van der Waals surface area contributed by atoms with Gasteiger partial charge < -0.3 is 18.9 Å². The van der Waals surface area contributed by atoms with Crippen molar-refractivity contribution in [3.63, 3.8) is 0 Å². The number of aryl methyl sites for hydroxylation is 1. The number of methoxy groups -OCH3 is 1. The van der Waals surface area contributed by atoms with Crippen LogP contribution in [0.2, 0.25) is 0 Å².